The zero-order valence-corrected chi connectivity index (χ0v) is 9.47. The lowest BCUT2D eigenvalue weighted by Gasteiger charge is -2.26. The van der Waals surface area contributed by atoms with Gasteiger partial charge < -0.3 is 9.84 Å². The molecule has 2 nitrogen and oxygen atoms in total. The molecule has 0 spiro atoms. The number of benzene rings is 2. The van der Waals surface area contributed by atoms with Gasteiger partial charge in [-0.3, -0.25) is 0 Å². The lowest BCUT2D eigenvalue weighted by molar-refractivity contribution is 0.173. The molecule has 86 valence electrons. The van der Waals surface area contributed by atoms with Crippen LogP contribution in [-0.2, 0) is 6.42 Å². The Bertz CT molecular complexity index is 534. The molecule has 0 saturated carbocycles. The van der Waals surface area contributed by atoms with Crippen LogP contribution in [0.1, 0.15) is 23.7 Å². The zero-order valence-electron chi connectivity index (χ0n) is 9.47. The Morgan fingerprint density at radius 3 is 2.65 bits per heavy atom. The first-order valence-corrected chi connectivity index (χ1v) is 5.87. The standard InChI is InChI=1S/C15H14O2/c16-13-7-3-2-6-12(13)15-10-9-11-5-1-4-8-14(11)17-15/h1-8,15-16H,9-10H2/t15-/m0/s1. The fourth-order valence-corrected chi connectivity index (χ4v) is 2.30. The number of fused-ring (bicyclic) bond motifs is 1. The summed E-state index contributed by atoms with van der Waals surface area (Å²) in [4.78, 5) is 0. The Kier molecular flexibility index (Phi) is 2.48. The number of para-hydroxylation sites is 2. The van der Waals surface area contributed by atoms with E-state index >= 15 is 0 Å². The van der Waals surface area contributed by atoms with Crippen molar-refractivity contribution in [2.45, 2.75) is 18.9 Å². The van der Waals surface area contributed by atoms with Gasteiger partial charge in [0.15, 0.2) is 0 Å². The summed E-state index contributed by atoms with van der Waals surface area (Å²) in [5, 5.41) is 9.83. The van der Waals surface area contributed by atoms with E-state index in [0.717, 1.165) is 24.2 Å². The van der Waals surface area contributed by atoms with E-state index in [4.69, 9.17) is 4.74 Å². The van der Waals surface area contributed by atoms with Crippen LogP contribution in [0.4, 0.5) is 0 Å². The van der Waals surface area contributed by atoms with Gasteiger partial charge in [0.2, 0.25) is 0 Å². The maximum atomic E-state index is 9.83. The number of rotatable bonds is 1. The van der Waals surface area contributed by atoms with Crippen LogP contribution in [0.25, 0.3) is 0 Å². The quantitative estimate of drug-likeness (QED) is 0.806. The van der Waals surface area contributed by atoms with Crippen molar-refractivity contribution in [3.63, 3.8) is 0 Å². The second-order valence-electron chi connectivity index (χ2n) is 4.31. The van der Waals surface area contributed by atoms with Crippen molar-refractivity contribution in [1.29, 1.82) is 0 Å². The van der Waals surface area contributed by atoms with Crippen LogP contribution >= 0.6 is 0 Å². The first-order valence-electron chi connectivity index (χ1n) is 5.87. The van der Waals surface area contributed by atoms with Gasteiger partial charge in [0, 0.05) is 5.56 Å². The lowest BCUT2D eigenvalue weighted by Crippen LogP contribution is -2.15. The van der Waals surface area contributed by atoms with Gasteiger partial charge in [-0.15, -0.1) is 0 Å². The van der Waals surface area contributed by atoms with E-state index < -0.39 is 0 Å². The summed E-state index contributed by atoms with van der Waals surface area (Å²) < 4.78 is 5.94. The van der Waals surface area contributed by atoms with Gasteiger partial charge >= 0.3 is 0 Å². The van der Waals surface area contributed by atoms with Crippen LogP contribution in [0.3, 0.4) is 0 Å². The third kappa shape index (κ3) is 1.86. The van der Waals surface area contributed by atoms with Crippen molar-refractivity contribution < 1.29 is 9.84 Å². The molecule has 0 saturated heterocycles. The molecule has 1 aliphatic heterocycles. The molecular formula is C15H14O2. The summed E-state index contributed by atoms with van der Waals surface area (Å²) in [5.41, 5.74) is 2.13. The van der Waals surface area contributed by atoms with Crippen LogP contribution in [-0.4, -0.2) is 5.11 Å². The van der Waals surface area contributed by atoms with Crippen LogP contribution in [0.2, 0.25) is 0 Å². The number of phenols is 1. The highest BCUT2D eigenvalue weighted by atomic mass is 16.5. The Balaban J connectivity index is 1.92. The molecule has 1 N–H and O–H groups in total. The van der Waals surface area contributed by atoms with Crippen LogP contribution in [0, 0.1) is 0 Å². The normalized spacial score (nSPS) is 18.2. The van der Waals surface area contributed by atoms with E-state index in [0.29, 0.717) is 5.75 Å². The molecule has 0 fully saturated rings. The van der Waals surface area contributed by atoms with Crippen molar-refractivity contribution in [3.05, 3.63) is 59.7 Å². The molecular weight excluding hydrogens is 212 g/mol. The fourth-order valence-electron chi connectivity index (χ4n) is 2.30. The molecule has 17 heavy (non-hydrogen) atoms. The SMILES string of the molecule is Oc1ccccc1[C@@H]1CCc2ccccc2O1. The van der Waals surface area contributed by atoms with Crippen molar-refractivity contribution in [2.75, 3.05) is 0 Å². The van der Waals surface area contributed by atoms with Crippen LogP contribution in [0.5, 0.6) is 11.5 Å². The second kappa shape index (κ2) is 4.13. The summed E-state index contributed by atoms with van der Waals surface area (Å²) in [6.45, 7) is 0. The van der Waals surface area contributed by atoms with Gasteiger partial charge in [0.1, 0.15) is 17.6 Å². The average molecular weight is 226 g/mol. The minimum absolute atomic E-state index is 0.0360. The van der Waals surface area contributed by atoms with E-state index in [9.17, 15) is 5.11 Å². The minimum atomic E-state index is -0.0360. The van der Waals surface area contributed by atoms with Gasteiger partial charge in [-0.05, 0) is 30.5 Å². The number of ether oxygens (including phenoxy) is 1. The molecule has 0 aliphatic carbocycles. The summed E-state index contributed by atoms with van der Waals surface area (Å²) in [6, 6.07) is 15.5. The summed E-state index contributed by atoms with van der Waals surface area (Å²) >= 11 is 0. The van der Waals surface area contributed by atoms with E-state index in [1.54, 1.807) is 6.07 Å². The fraction of sp³-hybridized carbons (Fsp3) is 0.200. The molecule has 1 heterocycles. The van der Waals surface area contributed by atoms with E-state index in [2.05, 4.69) is 6.07 Å². The average Bonchev–Trinajstić information content (AvgIpc) is 2.39. The first kappa shape index (κ1) is 10.2. The first-order chi connectivity index (χ1) is 8.34. The van der Waals surface area contributed by atoms with Crippen molar-refractivity contribution in [2.24, 2.45) is 0 Å². The van der Waals surface area contributed by atoms with Gasteiger partial charge in [-0.1, -0.05) is 36.4 Å². The third-order valence-corrected chi connectivity index (χ3v) is 3.20. The number of phenolic OH excluding ortho intramolecular Hbond substituents is 1. The topological polar surface area (TPSA) is 29.5 Å². The smallest absolute Gasteiger partial charge is 0.128 e. The summed E-state index contributed by atoms with van der Waals surface area (Å²) in [5.74, 6) is 1.25. The Hall–Kier alpha value is -1.96. The van der Waals surface area contributed by atoms with Crippen LogP contribution in [0.15, 0.2) is 48.5 Å². The molecule has 3 rings (SSSR count). The summed E-state index contributed by atoms with van der Waals surface area (Å²) in [7, 11) is 0. The van der Waals surface area contributed by atoms with Crippen molar-refractivity contribution >= 4 is 0 Å². The minimum Gasteiger partial charge on any atom is -0.508 e. The van der Waals surface area contributed by atoms with E-state index in [-0.39, 0.29) is 6.10 Å². The number of hydrogen-bond donors (Lipinski definition) is 1. The second-order valence-corrected chi connectivity index (χ2v) is 4.31. The number of aryl methyl sites for hydroxylation is 1. The van der Waals surface area contributed by atoms with Crippen molar-refractivity contribution in [3.8, 4) is 11.5 Å². The highest BCUT2D eigenvalue weighted by Gasteiger charge is 2.22. The molecule has 1 atom stereocenters. The predicted octanol–water partition coefficient (Wildman–Crippen LogP) is 3.46. The number of hydrogen-bond acceptors (Lipinski definition) is 2. The van der Waals surface area contributed by atoms with Gasteiger partial charge in [0.25, 0.3) is 0 Å². The van der Waals surface area contributed by atoms with E-state index in [1.807, 2.05) is 36.4 Å². The Labute approximate surface area is 100 Å². The molecule has 1 aliphatic rings. The van der Waals surface area contributed by atoms with Gasteiger partial charge in [-0.25, -0.2) is 0 Å². The lowest BCUT2D eigenvalue weighted by atomic mass is 9.97. The van der Waals surface area contributed by atoms with Crippen molar-refractivity contribution in [1.82, 2.24) is 0 Å². The zero-order chi connectivity index (χ0) is 11.7. The van der Waals surface area contributed by atoms with Gasteiger partial charge in [0.05, 0.1) is 0 Å². The molecule has 0 unspecified atom stereocenters. The maximum Gasteiger partial charge on any atom is 0.128 e. The highest BCUT2D eigenvalue weighted by Crippen LogP contribution is 2.37. The van der Waals surface area contributed by atoms with Crippen LogP contribution < -0.4 is 4.74 Å². The van der Waals surface area contributed by atoms with Gasteiger partial charge in [-0.2, -0.15) is 0 Å². The molecule has 0 radical (unpaired) electrons. The molecule has 0 aromatic heterocycles. The largest absolute Gasteiger partial charge is 0.508 e. The highest BCUT2D eigenvalue weighted by molar-refractivity contribution is 5.39. The Morgan fingerprint density at radius 1 is 1.00 bits per heavy atom. The maximum absolute atomic E-state index is 9.83. The third-order valence-electron chi connectivity index (χ3n) is 3.20. The molecule has 0 bridgehead atoms. The molecule has 2 aromatic carbocycles. The predicted molar refractivity (Wildman–Crippen MR) is 66.2 cm³/mol. The molecule has 0 amide bonds. The number of aromatic hydroxyl groups is 1. The molecule has 2 aromatic rings. The van der Waals surface area contributed by atoms with E-state index in [1.165, 1.54) is 5.56 Å². The monoisotopic (exact) mass is 226 g/mol. The Morgan fingerprint density at radius 2 is 1.76 bits per heavy atom. The summed E-state index contributed by atoms with van der Waals surface area (Å²) in [6.07, 6.45) is 1.87. The molecule has 2 heteroatoms.